The zero-order valence-corrected chi connectivity index (χ0v) is 8.95. The van der Waals surface area contributed by atoms with E-state index >= 15 is 0 Å². The van der Waals surface area contributed by atoms with Crippen LogP contribution in [-0.2, 0) is 6.54 Å². The second-order valence-electron chi connectivity index (χ2n) is 3.08. The Balaban J connectivity index is 3.21. The molecule has 1 aromatic rings. The molecule has 0 aliphatic rings. The molecule has 0 saturated heterocycles. The molecular formula is C10H14FNO3. The zero-order chi connectivity index (χ0) is 11.4. The first-order valence-electron chi connectivity index (χ1n) is 4.39. The van der Waals surface area contributed by atoms with E-state index in [1.165, 1.54) is 33.4 Å². The van der Waals surface area contributed by atoms with Gasteiger partial charge in [-0.3, -0.25) is 0 Å². The maximum Gasteiger partial charge on any atom is 0.165 e. The van der Waals surface area contributed by atoms with Gasteiger partial charge in [-0.1, -0.05) is 0 Å². The lowest BCUT2D eigenvalue weighted by Crippen LogP contribution is -2.14. The molecule has 0 fully saturated rings. The highest BCUT2D eigenvalue weighted by molar-refractivity contribution is 5.45. The summed E-state index contributed by atoms with van der Waals surface area (Å²) in [6.07, 6.45) is 0. The summed E-state index contributed by atoms with van der Waals surface area (Å²) in [7, 11) is 4.32. The quantitative estimate of drug-likeness (QED) is 0.776. The van der Waals surface area contributed by atoms with Crippen LogP contribution in [0.5, 0.6) is 11.5 Å². The number of hydroxylamine groups is 2. The number of methoxy groups -OCH3 is 2. The van der Waals surface area contributed by atoms with E-state index in [-0.39, 0.29) is 12.3 Å². The van der Waals surface area contributed by atoms with Gasteiger partial charge in [0.25, 0.3) is 0 Å². The normalized spacial score (nSPS) is 10.5. The molecule has 0 radical (unpaired) electrons. The van der Waals surface area contributed by atoms with Gasteiger partial charge in [-0.05, 0) is 12.1 Å². The summed E-state index contributed by atoms with van der Waals surface area (Å²) in [6.45, 7) is 0.129. The Kier molecular flexibility index (Phi) is 3.88. The highest BCUT2D eigenvalue weighted by Crippen LogP contribution is 2.31. The number of nitrogens with zero attached hydrogens (tertiary/aromatic N) is 1. The number of ether oxygens (including phenoxy) is 2. The minimum atomic E-state index is -0.477. The Morgan fingerprint density at radius 1 is 1.33 bits per heavy atom. The number of hydrogen-bond donors (Lipinski definition) is 1. The van der Waals surface area contributed by atoms with E-state index in [1.54, 1.807) is 0 Å². The van der Waals surface area contributed by atoms with E-state index in [0.29, 0.717) is 11.3 Å². The molecule has 1 N–H and O–H groups in total. The average Bonchev–Trinajstić information content (AvgIpc) is 2.18. The first kappa shape index (κ1) is 11.7. The summed E-state index contributed by atoms with van der Waals surface area (Å²) >= 11 is 0. The van der Waals surface area contributed by atoms with Gasteiger partial charge in [-0.2, -0.15) is 5.06 Å². The molecule has 4 nitrogen and oxygen atoms in total. The number of halogens is 1. The Morgan fingerprint density at radius 2 is 2.00 bits per heavy atom. The largest absolute Gasteiger partial charge is 0.496 e. The standard InChI is InChI=1S/C10H14FNO3/c1-12(13)6-7-9(14-2)5-4-8(11)10(7)15-3/h4-5,13H,6H2,1-3H3. The SMILES string of the molecule is COc1ccc(F)c(OC)c1CN(C)O. The summed E-state index contributed by atoms with van der Waals surface area (Å²) < 4.78 is 23.3. The van der Waals surface area contributed by atoms with Crippen LogP contribution in [0.25, 0.3) is 0 Å². The highest BCUT2D eigenvalue weighted by atomic mass is 19.1. The van der Waals surface area contributed by atoms with Crippen LogP contribution in [0.1, 0.15) is 5.56 Å². The summed E-state index contributed by atoms with van der Waals surface area (Å²) in [4.78, 5) is 0. The highest BCUT2D eigenvalue weighted by Gasteiger charge is 2.15. The van der Waals surface area contributed by atoms with Crippen molar-refractivity contribution in [2.75, 3.05) is 21.3 Å². The van der Waals surface area contributed by atoms with E-state index in [9.17, 15) is 4.39 Å². The molecule has 0 heterocycles. The van der Waals surface area contributed by atoms with E-state index in [0.717, 1.165) is 5.06 Å². The molecule has 0 aromatic heterocycles. The maximum atomic E-state index is 13.3. The molecule has 0 spiro atoms. The van der Waals surface area contributed by atoms with Crippen LogP contribution in [0.15, 0.2) is 12.1 Å². The van der Waals surface area contributed by atoms with Gasteiger partial charge in [-0.25, -0.2) is 4.39 Å². The van der Waals surface area contributed by atoms with Crippen molar-refractivity contribution in [2.24, 2.45) is 0 Å². The fourth-order valence-electron chi connectivity index (χ4n) is 1.37. The summed E-state index contributed by atoms with van der Waals surface area (Å²) in [5, 5.41) is 10.1. The monoisotopic (exact) mass is 215 g/mol. The molecule has 0 aliphatic carbocycles. The van der Waals surface area contributed by atoms with Crippen molar-refractivity contribution in [2.45, 2.75) is 6.54 Å². The minimum absolute atomic E-state index is 0.0928. The number of rotatable bonds is 4. The minimum Gasteiger partial charge on any atom is -0.496 e. The summed E-state index contributed by atoms with van der Waals surface area (Å²) in [5.41, 5.74) is 0.477. The molecule has 0 atom stereocenters. The molecule has 84 valence electrons. The van der Waals surface area contributed by atoms with Crippen molar-refractivity contribution in [3.63, 3.8) is 0 Å². The lowest BCUT2D eigenvalue weighted by molar-refractivity contribution is -0.0740. The van der Waals surface area contributed by atoms with Gasteiger partial charge in [-0.15, -0.1) is 0 Å². The van der Waals surface area contributed by atoms with E-state index in [2.05, 4.69) is 0 Å². The molecule has 0 unspecified atom stereocenters. The van der Waals surface area contributed by atoms with Gasteiger partial charge in [0.2, 0.25) is 0 Å². The van der Waals surface area contributed by atoms with Crippen molar-refractivity contribution in [1.82, 2.24) is 5.06 Å². The number of hydrogen-bond acceptors (Lipinski definition) is 4. The van der Waals surface area contributed by atoms with Crippen molar-refractivity contribution in [3.05, 3.63) is 23.5 Å². The second-order valence-corrected chi connectivity index (χ2v) is 3.08. The Bertz CT molecular complexity index is 342. The van der Waals surface area contributed by atoms with Gasteiger partial charge in [0.1, 0.15) is 5.75 Å². The first-order valence-corrected chi connectivity index (χ1v) is 4.39. The van der Waals surface area contributed by atoms with Crippen LogP contribution in [0.4, 0.5) is 4.39 Å². The summed E-state index contributed by atoms with van der Waals surface area (Å²) in [6, 6.07) is 2.76. The van der Waals surface area contributed by atoms with Gasteiger partial charge >= 0.3 is 0 Å². The van der Waals surface area contributed by atoms with Crippen LogP contribution in [0.3, 0.4) is 0 Å². The molecule has 0 bridgehead atoms. The van der Waals surface area contributed by atoms with E-state index < -0.39 is 5.82 Å². The Labute approximate surface area is 87.8 Å². The van der Waals surface area contributed by atoms with Crippen LogP contribution >= 0.6 is 0 Å². The van der Waals surface area contributed by atoms with Crippen LogP contribution in [0.2, 0.25) is 0 Å². The van der Waals surface area contributed by atoms with Crippen LogP contribution < -0.4 is 9.47 Å². The predicted octanol–water partition coefficient (Wildman–Crippen LogP) is 1.66. The molecule has 1 rings (SSSR count). The third kappa shape index (κ3) is 2.57. The second kappa shape index (κ2) is 4.95. The molecule has 0 amide bonds. The molecule has 0 aliphatic heterocycles. The average molecular weight is 215 g/mol. The lowest BCUT2D eigenvalue weighted by atomic mass is 10.1. The molecular weight excluding hydrogens is 201 g/mol. The lowest BCUT2D eigenvalue weighted by Gasteiger charge is -2.16. The Hall–Kier alpha value is -1.33. The smallest absolute Gasteiger partial charge is 0.165 e. The fraction of sp³-hybridized carbons (Fsp3) is 0.400. The third-order valence-corrected chi connectivity index (χ3v) is 1.98. The zero-order valence-electron chi connectivity index (χ0n) is 8.95. The van der Waals surface area contributed by atoms with Gasteiger partial charge in [0, 0.05) is 7.05 Å². The molecule has 15 heavy (non-hydrogen) atoms. The van der Waals surface area contributed by atoms with Gasteiger partial charge in [0.15, 0.2) is 11.6 Å². The van der Waals surface area contributed by atoms with Crippen molar-refractivity contribution in [3.8, 4) is 11.5 Å². The van der Waals surface area contributed by atoms with Gasteiger partial charge in [0.05, 0.1) is 26.3 Å². The van der Waals surface area contributed by atoms with Crippen molar-refractivity contribution < 1.29 is 19.1 Å². The summed E-state index contributed by atoms with van der Waals surface area (Å²) in [5.74, 6) is 0.0968. The molecule has 0 saturated carbocycles. The first-order chi connectivity index (χ1) is 7.10. The molecule has 5 heteroatoms. The fourth-order valence-corrected chi connectivity index (χ4v) is 1.37. The molecule has 1 aromatic carbocycles. The predicted molar refractivity (Wildman–Crippen MR) is 52.8 cm³/mol. The topological polar surface area (TPSA) is 41.9 Å². The Morgan fingerprint density at radius 3 is 2.47 bits per heavy atom. The van der Waals surface area contributed by atoms with Gasteiger partial charge < -0.3 is 14.7 Å². The van der Waals surface area contributed by atoms with Crippen LogP contribution in [0, 0.1) is 5.82 Å². The van der Waals surface area contributed by atoms with Crippen molar-refractivity contribution in [1.29, 1.82) is 0 Å². The van der Waals surface area contributed by atoms with E-state index in [4.69, 9.17) is 14.7 Å². The third-order valence-electron chi connectivity index (χ3n) is 1.98. The maximum absolute atomic E-state index is 13.3. The van der Waals surface area contributed by atoms with E-state index in [1.807, 2.05) is 0 Å². The van der Waals surface area contributed by atoms with Crippen molar-refractivity contribution >= 4 is 0 Å². The van der Waals surface area contributed by atoms with Crippen LogP contribution in [-0.4, -0.2) is 31.5 Å². The number of benzene rings is 1.